The van der Waals surface area contributed by atoms with Gasteiger partial charge < -0.3 is 10.6 Å². The first-order valence-electron chi connectivity index (χ1n) is 8.38. The van der Waals surface area contributed by atoms with Crippen molar-refractivity contribution in [1.29, 1.82) is 0 Å². The van der Waals surface area contributed by atoms with Crippen molar-refractivity contribution in [3.63, 3.8) is 0 Å². The molecular weight excluding hydrogens is 250 g/mol. The van der Waals surface area contributed by atoms with E-state index in [1.54, 1.807) is 0 Å². The molecule has 1 aliphatic heterocycles. The molecule has 20 heavy (non-hydrogen) atoms. The number of hydrogen-bond acceptors (Lipinski definition) is 3. The van der Waals surface area contributed by atoms with Crippen LogP contribution in [0.3, 0.4) is 0 Å². The molecule has 3 fully saturated rings. The number of carbonyl (C=O) groups is 1. The van der Waals surface area contributed by atoms with Gasteiger partial charge in [0.1, 0.15) is 0 Å². The third-order valence-electron chi connectivity index (χ3n) is 5.86. The van der Waals surface area contributed by atoms with Crippen LogP contribution in [-0.4, -0.2) is 54.5 Å². The van der Waals surface area contributed by atoms with Gasteiger partial charge in [-0.15, -0.1) is 0 Å². The number of likely N-dealkylation sites (N-methyl/N-ethyl adjacent to an activating group) is 1. The van der Waals surface area contributed by atoms with Crippen LogP contribution in [0.1, 0.15) is 44.9 Å². The highest BCUT2D eigenvalue weighted by atomic mass is 16.2. The molecule has 1 saturated heterocycles. The first-order chi connectivity index (χ1) is 9.65. The van der Waals surface area contributed by atoms with Gasteiger partial charge in [-0.1, -0.05) is 19.3 Å². The van der Waals surface area contributed by atoms with Gasteiger partial charge in [0, 0.05) is 32.2 Å². The lowest BCUT2D eigenvalue weighted by Crippen LogP contribution is -2.52. The molecule has 1 amide bonds. The van der Waals surface area contributed by atoms with Gasteiger partial charge in [0.05, 0.1) is 6.54 Å². The first-order valence-corrected chi connectivity index (χ1v) is 8.38. The van der Waals surface area contributed by atoms with Crippen LogP contribution < -0.4 is 5.73 Å². The molecule has 1 unspecified atom stereocenters. The van der Waals surface area contributed by atoms with E-state index in [0.717, 1.165) is 13.1 Å². The zero-order valence-electron chi connectivity index (χ0n) is 12.8. The standard InChI is InChI=1S/C16H29N3O/c1-18(14-5-3-2-4-6-14)15(20)11-19-9-12-7-8-13(10-19)16(12)17/h12-14,16H,2-11,17H2,1H3/t12-,13+,16?. The second kappa shape index (κ2) is 6.02. The Labute approximate surface area is 122 Å². The Balaban J connectivity index is 1.51. The molecule has 0 spiro atoms. The van der Waals surface area contributed by atoms with Crippen molar-refractivity contribution >= 4 is 5.91 Å². The number of likely N-dealkylation sites (tertiary alicyclic amines) is 1. The van der Waals surface area contributed by atoms with Gasteiger partial charge in [0.15, 0.2) is 0 Å². The molecule has 0 radical (unpaired) electrons. The number of nitrogens with zero attached hydrogens (tertiary/aromatic N) is 2. The fourth-order valence-corrected chi connectivity index (χ4v) is 4.47. The van der Waals surface area contributed by atoms with Crippen LogP contribution >= 0.6 is 0 Å². The fourth-order valence-electron chi connectivity index (χ4n) is 4.47. The third-order valence-corrected chi connectivity index (χ3v) is 5.86. The molecular formula is C16H29N3O. The predicted molar refractivity (Wildman–Crippen MR) is 80.3 cm³/mol. The molecule has 0 aromatic rings. The van der Waals surface area contributed by atoms with Crippen LogP contribution in [0, 0.1) is 11.8 Å². The second-order valence-corrected chi connectivity index (χ2v) is 7.17. The number of hydrogen-bond donors (Lipinski definition) is 1. The van der Waals surface area contributed by atoms with E-state index in [0.29, 0.717) is 36.4 Å². The molecule has 2 saturated carbocycles. The summed E-state index contributed by atoms with van der Waals surface area (Å²) in [7, 11) is 2.00. The number of carbonyl (C=O) groups excluding carboxylic acids is 1. The van der Waals surface area contributed by atoms with E-state index in [-0.39, 0.29) is 0 Å². The topological polar surface area (TPSA) is 49.6 Å². The Hall–Kier alpha value is -0.610. The lowest BCUT2D eigenvalue weighted by Gasteiger charge is -2.38. The molecule has 1 heterocycles. The Morgan fingerprint density at radius 3 is 2.30 bits per heavy atom. The van der Waals surface area contributed by atoms with E-state index >= 15 is 0 Å². The van der Waals surface area contributed by atoms with Crippen LogP contribution in [0.5, 0.6) is 0 Å². The van der Waals surface area contributed by atoms with E-state index in [9.17, 15) is 4.79 Å². The Bertz CT molecular complexity index is 340. The summed E-state index contributed by atoms with van der Waals surface area (Å²) in [5.74, 6) is 1.56. The number of rotatable bonds is 3. The summed E-state index contributed by atoms with van der Waals surface area (Å²) >= 11 is 0. The minimum atomic E-state index is 0.312. The molecule has 2 N–H and O–H groups in total. The molecule has 0 aromatic heterocycles. The maximum atomic E-state index is 12.5. The zero-order valence-corrected chi connectivity index (χ0v) is 12.8. The van der Waals surface area contributed by atoms with Crippen LogP contribution in [0.25, 0.3) is 0 Å². The quantitative estimate of drug-likeness (QED) is 0.850. The smallest absolute Gasteiger partial charge is 0.236 e. The molecule has 2 bridgehead atoms. The van der Waals surface area contributed by atoms with Gasteiger partial charge in [-0.05, 0) is 37.5 Å². The van der Waals surface area contributed by atoms with Crippen molar-refractivity contribution in [2.75, 3.05) is 26.7 Å². The van der Waals surface area contributed by atoms with Crippen LogP contribution in [0.15, 0.2) is 0 Å². The number of nitrogens with two attached hydrogens (primary N) is 1. The molecule has 2 aliphatic carbocycles. The van der Waals surface area contributed by atoms with Crippen molar-refractivity contribution in [2.45, 2.75) is 57.0 Å². The fraction of sp³-hybridized carbons (Fsp3) is 0.938. The number of piperidine rings is 1. The van der Waals surface area contributed by atoms with E-state index in [1.807, 2.05) is 11.9 Å². The van der Waals surface area contributed by atoms with E-state index in [1.165, 1.54) is 44.9 Å². The summed E-state index contributed by atoms with van der Waals surface area (Å²) in [4.78, 5) is 16.9. The van der Waals surface area contributed by atoms with Crippen molar-refractivity contribution in [1.82, 2.24) is 9.80 Å². The normalized spacial score (nSPS) is 35.2. The monoisotopic (exact) mass is 279 g/mol. The maximum absolute atomic E-state index is 12.5. The molecule has 4 heteroatoms. The maximum Gasteiger partial charge on any atom is 0.236 e. The van der Waals surface area contributed by atoms with Crippen LogP contribution in [-0.2, 0) is 4.79 Å². The molecule has 0 aromatic carbocycles. The summed E-state index contributed by atoms with van der Waals surface area (Å²) in [6.07, 6.45) is 8.81. The Morgan fingerprint density at radius 2 is 1.70 bits per heavy atom. The van der Waals surface area contributed by atoms with Gasteiger partial charge in [-0.2, -0.15) is 0 Å². The van der Waals surface area contributed by atoms with Crippen molar-refractivity contribution in [3.8, 4) is 0 Å². The average molecular weight is 279 g/mol. The van der Waals surface area contributed by atoms with E-state index in [4.69, 9.17) is 5.73 Å². The minimum absolute atomic E-state index is 0.312. The average Bonchev–Trinajstić information content (AvgIpc) is 2.69. The largest absolute Gasteiger partial charge is 0.342 e. The summed E-state index contributed by atoms with van der Waals surface area (Å²) in [5, 5.41) is 0. The minimum Gasteiger partial charge on any atom is -0.342 e. The van der Waals surface area contributed by atoms with Crippen molar-refractivity contribution < 1.29 is 4.79 Å². The zero-order chi connectivity index (χ0) is 14.1. The highest BCUT2D eigenvalue weighted by molar-refractivity contribution is 5.78. The molecule has 3 aliphatic rings. The van der Waals surface area contributed by atoms with E-state index < -0.39 is 0 Å². The highest BCUT2D eigenvalue weighted by Crippen LogP contribution is 2.35. The SMILES string of the molecule is CN(C(=O)CN1C[C@H]2CC[C@@H](C1)C2N)C1CCCCC1. The lowest BCUT2D eigenvalue weighted by molar-refractivity contribution is -0.134. The Morgan fingerprint density at radius 1 is 1.10 bits per heavy atom. The van der Waals surface area contributed by atoms with Gasteiger partial charge in [0.2, 0.25) is 5.91 Å². The molecule has 114 valence electrons. The summed E-state index contributed by atoms with van der Waals surface area (Å²) in [5.41, 5.74) is 6.23. The van der Waals surface area contributed by atoms with Crippen molar-refractivity contribution in [2.24, 2.45) is 17.6 Å². The number of fused-ring (bicyclic) bond motifs is 2. The van der Waals surface area contributed by atoms with Gasteiger partial charge in [-0.3, -0.25) is 9.69 Å². The predicted octanol–water partition coefficient (Wildman–Crippen LogP) is 1.45. The van der Waals surface area contributed by atoms with Crippen molar-refractivity contribution in [3.05, 3.63) is 0 Å². The molecule has 3 atom stereocenters. The van der Waals surface area contributed by atoms with Crippen LogP contribution in [0.4, 0.5) is 0 Å². The number of amides is 1. The second-order valence-electron chi connectivity index (χ2n) is 7.17. The first kappa shape index (κ1) is 14.3. The van der Waals surface area contributed by atoms with Gasteiger partial charge in [-0.25, -0.2) is 0 Å². The lowest BCUT2D eigenvalue weighted by atomic mass is 9.93. The van der Waals surface area contributed by atoms with Crippen LogP contribution in [0.2, 0.25) is 0 Å². The highest BCUT2D eigenvalue weighted by Gasteiger charge is 2.40. The Kier molecular flexibility index (Phi) is 4.32. The van der Waals surface area contributed by atoms with E-state index in [2.05, 4.69) is 4.90 Å². The summed E-state index contributed by atoms with van der Waals surface area (Å²) in [6.45, 7) is 2.66. The molecule has 3 rings (SSSR count). The summed E-state index contributed by atoms with van der Waals surface area (Å²) in [6, 6.07) is 0.873. The van der Waals surface area contributed by atoms with Gasteiger partial charge in [0.25, 0.3) is 0 Å². The van der Waals surface area contributed by atoms with Gasteiger partial charge >= 0.3 is 0 Å². The summed E-state index contributed by atoms with van der Waals surface area (Å²) < 4.78 is 0. The molecule has 4 nitrogen and oxygen atoms in total. The third kappa shape index (κ3) is 2.86.